The van der Waals surface area contributed by atoms with E-state index in [1.54, 1.807) is 19.2 Å². The highest BCUT2D eigenvalue weighted by molar-refractivity contribution is 7.92. The highest BCUT2D eigenvalue weighted by Gasteiger charge is 2.24. The van der Waals surface area contributed by atoms with E-state index in [0.29, 0.717) is 46.9 Å². The number of sulfonamides is 1. The van der Waals surface area contributed by atoms with E-state index in [-0.39, 0.29) is 16.9 Å². The lowest BCUT2D eigenvalue weighted by atomic mass is 10.2. The molecule has 1 amide bonds. The monoisotopic (exact) mass is 494 g/mol. The first-order chi connectivity index (χ1) is 16.8. The van der Waals surface area contributed by atoms with Gasteiger partial charge in [0.15, 0.2) is 17.6 Å². The molecule has 0 saturated heterocycles. The Labute approximate surface area is 200 Å². The second kappa shape index (κ2) is 8.84. The SMILES string of the molecule is CN(C[C@H]1COc2ccccc2O1)C(=O)c1ccc(NS(=O)(=O)c2ccc3[nH]c(=O)[nH]c3c2)cc1. The quantitative estimate of drug-likeness (QED) is 0.377. The lowest BCUT2D eigenvalue weighted by Gasteiger charge is -2.29. The van der Waals surface area contributed by atoms with Crippen molar-refractivity contribution in [3.05, 3.63) is 82.8 Å². The Morgan fingerprint density at radius 2 is 1.74 bits per heavy atom. The zero-order valence-corrected chi connectivity index (χ0v) is 19.5. The first-order valence-electron chi connectivity index (χ1n) is 10.8. The third kappa shape index (κ3) is 4.71. The summed E-state index contributed by atoms with van der Waals surface area (Å²) in [6.45, 7) is 0.656. The molecule has 1 aromatic heterocycles. The van der Waals surface area contributed by atoms with Gasteiger partial charge >= 0.3 is 5.69 Å². The van der Waals surface area contributed by atoms with Crippen LogP contribution >= 0.6 is 0 Å². The third-order valence-electron chi connectivity index (χ3n) is 5.57. The van der Waals surface area contributed by atoms with Crippen molar-refractivity contribution in [2.45, 2.75) is 11.0 Å². The van der Waals surface area contributed by atoms with Gasteiger partial charge in [-0.1, -0.05) is 12.1 Å². The number of nitrogens with one attached hydrogen (secondary N) is 3. The lowest BCUT2D eigenvalue weighted by molar-refractivity contribution is 0.0521. The number of H-pyrrole nitrogens is 2. The Balaban J connectivity index is 1.24. The highest BCUT2D eigenvalue weighted by atomic mass is 32.2. The van der Waals surface area contributed by atoms with Gasteiger partial charge in [0, 0.05) is 18.3 Å². The van der Waals surface area contributed by atoms with E-state index in [0.717, 1.165) is 0 Å². The summed E-state index contributed by atoms with van der Waals surface area (Å²) in [7, 11) is -2.23. The zero-order chi connectivity index (χ0) is 24.6. The molecule has 1 aliphatic heterocycles. The molecular formula is C24H22N4O6S. The van der Waals surface area contributed by atoms with Crippen molar-refractivity contribution in [1.82, 2.24) is 14.9 Å². The van der Waals surface area contributed by atoms with Crippen molar-refractivity contribution in [2.24, 2.45) is 0 Å². The normalized spacial score (nSPS) is 15.1. The molecular weight excluding hydrogens is 472 g/mol. The van der Waals surface area contributed by atoms with Crippen LogP contribution in [0.2, 0.25) is 0 Å². The van der Waals surface area contributed by atoms with Crippen LogP contribution in [0.15, 0.2) is 76.4 Å². The van der Waals surface area contributed by atoms with Crippen molar-refractivity contribution < 1.29 is 22.7 Å². The molecule has 0 saturated carbocycles. The van der Waals surface area contributed by atoms with Crippen LogP contribution < -0.4 is 19.9 Å². The van der Waals surface area contributed by atoms with Gasteiger partial charge in [0.25, 0.3) is 15.9 Å². The molecule has 3 N–H and O–H groups in total. The molecule has 0 radical (unpaired) electrons. The van der Waals surface area contributed by atoms with Gasteiger partial charge < -0.3 is 24.3 Å². The summed E-state index contributed by atoms with van der Waals surface area (Å²) in [6, 6.07) is 17.8. The lowest BCUT2D eigenvalue weighted by Crippen LogP contribution is -2.41. The molecule has 4 aromatic rings. The first kappa shape index (κ1) is 22.5. The van der Waals surface area contributed by atoms with E-state index < -0.39 is 15.7 Å². The maximum absolute atomic E-state index is 12.9. The van der Waals surface area contributed by atoms with E-state index in [1.807, 2.05) is 24.3 Å². The van der Waals surface area contributed by atoms with Gasteiger partial charge in [-0.15, -0.1) is 0 Å². The predicted octanol–water partition coefficient (Wildman–Crippen LogP) is 2.57. The fraction of sp³-hybridized carbons (Fsp3) is 0.167. The maximum atomic E-state index is 12.9. The smallest absolute Gasteiger partial charge is 0.323 e. The summed E-state index contributed by atoms with van der Waals surface area (Å²) in [5, 5.41) is 0. The molecule has 0 spiro atoms. The van der Waals surface area contributed by atoms with Crippen molar-refractivity contribution in [2.75, 3.05) is 24.9 Å². The maximum Gasteiger partial charge on any atom is 0.323 e. The molecule has 1 aliphatic rings. The Morgan fingerprint density at radius 3 is 2.51 bits per heavy atom. The van der Waals surface area contributed by atoms with Gasteiger partial charge in [0.2, 0.25) is 0 Å². The number of ether oxygens (including phenoxy) is 2. The summed E-state index contributed by atoms with van der Waals surface area (Å²) in [6.07, 6.45) is -0.308. The number of aromatic amines is 2. The molecule has 5 rings (SSSR count). The second-order valence-corrected chi connectivity index (χ2v) is 9.84. The number of fused-ring (bicyclic) bond motifs is 2. The largest absolute Gasteiger partial charge is 0.486 e. The van der Waals surface area contributed by atoms with Crippen LogP contribution in [0.25, 0.3) is 11.0 Å². The molecule has 0 aliphatic carbocycles. The number of likely N-dealkylation sites (N-methyl/N-ethyl adjacent to an activating group) is 1. The number of rotatable bonds is 6. The number of benzene rings is 3. The first-order valence-corrected chi connectivity index (χ1v) is 12.3. The van der Waals surface area contributed by atoms with Gasteiger partial charge in [-0.05, 0) is 54.6 Å². The van der Waals surface area contributed by atoms with Crippen LogP contribution in [0.3, 0.4) is 0 Å². The Morgan fingerprint density at radius 1 is 1.03 bits per heavy atom. The van der Waals surface area contributed by atoms with E-state index in [4.69, 9.17) is 9.47 Å². The predicted molar refractivity (Wildman–Crippen MR) is 129 cm³/mol. The summed E-state index contributed by atoms with van der Waals surface area (Å²) >= 11 is 0. The molecule has 0 bridgehead atoms. The van der Waals surface area contributed by atoms with Gasteiger partial charge in [-0.25, -0.2) is 13.2 Å². The van der Waals surface area contributed by atoms with Gasteiger partial charge in [-0.2, -0.15) is 0 Å². The second-order valence-electron chi connectivity index (χ2n) is 8.15. The van der Waals surface area contributed by atoms with Crippen LogP contribution in [0.5, 0.6) is 11.5 Å². The molecule has 3 aromatic carbocycles. The summed E-state index contributed by atoms with van der Waals surface area (Å²) in [5.41, 5.74) is 1.18. The molecule has 2 heterocycles. The zero-order valence-electron chi connectivity index (χ0n) is 18.6. The highest BCUT2D eigenvalue weighted by Crippen LogP contribution is 2.31. The number of aromatic nitrogens is 2. The van der Waals surface area contributed by atoms with E-state index in [2.05, 4.69) is 14.7 Å². The number of para-hydroxylation sites is 2. The van der Waals surface area contributed by atoms with E-state index in [1.165, 1.54) is 35.2 Å². The number of nitrogens with zero attached hydrogens (tertiary/aromatic N) is 1. The van der Waals surface area contributed by atoms with Crippen molar-refractivity contribution in [1.29, 1.82) is 0 Å². The van der Waals surface area contributed by atoms with Crippen molar-refractivity contribution in [3.63, 3.8) is 0 Å². The number of amides is 1. The molecule has 10 nitrogen and oxygen atoms in total. The number of hydrogen-bond acceptors (Lipinski definition) is 6. The average Bonchev–Trinajstić information content (AvgIpc) is 3.23. The average molecular weight is 495 g/mol. The fourth-order valence-electron chi connectivity index (χ4n) is 3.84. The number of anilines is 1. The van der Waals surface area contributed by atoms with Gasteiger partial charge in [-0.3, -0.25) is 9.52 Å². The Hall–Kier alpha value is -4.25. The number of hydrogen-bond donors (Lipinski definition) is 3. The van der Waals surface area contributed by atoms with Gasteiger partial charge in [0.05, 0.1) is 22.5 Å². The number of carbonyl (C=O) groups excluding carboxylic acids is 1. The molecule has 180 valence electrons. The Bertz CT molecular complexity index is 1560. The van der Waals surface area contributed by atoms with Crippen LogP contribution in [0, 0.1) is 0 Å². The number of carbonyl (C=O) groups is 1. The van der Waals surface area contributed by atoms with Crippen LogP contribution in [-0.4, -0.2) is 55.5 Å². The number of imidazole rings is 1. The van der Waals surface area contributed by atoms with Crippen molar-refractivity contribution >= 4 is 32.7 Å². The molecule has 0 unspecified atom stereocenters. The molecule has 1 atom stereocenters. The summed E-state index contributed by atoms with van der Waals surface area (Å²) < 4.78 is 39.6. The van der Waals surface area contributed by atoms with E-state index in [9.17, 15) is 18.0 Å². The van der Waals surface area contributed by atoms with Crippen LogP contribution in [0.4, 0.5) is 5.69 Å². The third-order valence-corrected chi connectivity index (χ3v) is 6.95. The topological polar surface area (TPSA) is 134 Å². The molecule has 11 heteroatoms. The molecule has 0 fully saturated rings. The minimum absolute atomic E-state index is 0.00332. The minimum atomic E-state index is -3.90. The van der Waals surface area contributed by atoms with E-state index >= 15 is 0 Å². The fourth-order valence-corrected chi connectivity index (χ4v) is 4.92. The minimum Gasteiger partial charge on any atom is -0.486 e. The molecule has 35 heavy (non-hydrogen) atoms. The summed E-state index contributed by atoms with van der Waals surface area (Å²) in [5.74, 6) is 1.09. The Kier molecular flexibility index (Phi) is 5.69. The summed E-state index contributed by atoms with van der Waals surface area (Å²) in [4.78, 5) is 30.9. The standard InChI is InChI=1S/C24H22N4O6S/c1-28(13-17-14-33-21-4-2-3-5-22(21)34-17)23(29)15-6-8-16(9-7-15)27-35(31,32)18-10-11-19-20(12-18)26-24(30)25-19/h2-12,17,27H,13-14H2,1H3,(H2,25,26,30)/t17-/m0/s1. The van der Waals surface area contributed by atoms with Crippen LogP contribution in [0.1, 0.15) is 10.4 Å². The van der Waals surface area contributed by atoms with Crippen LogP contribution in [-0.2, 0) is 10.0 Å². The van der Waals surface area contributed by atoms with Gasteiger partial charge in [0.1, 0.15) is 6.61 Å². The van der Waals surface area contributed by atoms with Crippen molar-refractivity contribution in [3.8, 4) is 11.5 Å².